The summed E-state index contributed by atoms with van der Waals surface area (Å²) in [6.07, 6.45) is -0.869. The Hall–Kier alpha value is -3.19. The van der Waals surface area contributed by atoms with Crippen molar-refractivity contribution in [1.82, 2.24) is 24.8 Å². The molecule has 136 valence electrons. The Morgan fingerprint density at radius 1 is 1.00 bits per heavy atom. The summed E-state index contributed by atoms with van der Waals surface area (Å²) < 4.78 is 3.43. The Labute approximate surface area is 156 Å². The molecule has 3 unspecified atom stereocenters. The molecule has 0 amide bonds. The fraction of sp³-hybridized carbons (Fsp3) is 0.250. The molecular formula is C20H20N6O. The molecule has 0 bridgehead atoms. The summed E-state index contributed by atoms with van der Waals surface area (Å²) in [6.45, 7) is 3.98. The zero-order chi connectivity index (χ0) is 18.5. The van der Waals surface area contributed by atoms with Crippen LogP contribution in [0.25, 0.3) is 11.0 Å². The lowest BCUT2D eigenvalue weighted by Gasteiger charge is -2.37. The van der Waals surface area contributed by atoms with Crippen molar-refractivity contribution < 1.29 is 5.11 Å². The first-order valence-corrected chi connectivity index (χ1v) is 8.99. The number of hydrogen-bond donors (Lipinski definition) is 2. The van der Waals surface area contributed by atoms with Crippen LogP contribution in [0.5, 0.6) is 0 Å². The van der Waals surface area contributed by atoms with E-state index < -0.39 is 12.3 Å². The van der Waals surface area contributed by atoms with Crippen LogP contribution in [0.1, 0.15) is 35.1 Å². The van der Waals surface area contributed by atoms with Crippen molar-refractivity contribution in [2.75, 3.05) is 5.32 Å². The molecule has 0 fully saturated rings. The summed E-state index contributed by atoms with van der Waals surface area (Å²) in [5.74, 6) is 0.797. The molecule has 0 saturated carbocycles. The topological polar surface area (TPSA) is 80.8 Å². The second kappa shape index (κ2) is 5.92. The molecule has 3 heterocycles. The zero-order valence-electron chi connectivity index (χ0n) is 15.1. The molecule has 0 saturated heterocycles. The van der Waals surface area contributed by atoms with Crippen molar-refractivity contribution >= 4 is 16.9 Å². The van der Waals surface area contributed by atoms with Gasteiger partial charge in [-0.25, -0.2) is 9.36 Å². The van der Waals surface area contributed by atoms with Crippen LogP contribution in [0.15, 0.2) is 54.6 Å². The fourth-order valence-electron chi connectivity index (χ4n) is 3.82. The molecule has 2 aromatic carbocycles. The lowest BCUT2D eigenvalue weighted by Crippen LogP contribution is -2.38. The Morgan fingerprint density at radius 2 is 1.78 bits per heavy atom. The molecule has 1 aliphatic heterocycles. The van der Waals surface area contributed by atoms with Crippen molar-refractivity contribution in [3.05, 3.63) is 71.4 Å². The van der Waals surface area contributed by atoms with Gasteiger partial charge in [-0.2, -0.15) is 5.10 Å². The van der Waals surface area contributed by atoms with Gasteiger partial charge in [0.2, 0.25) is 0 Å². The molecule has 1 aliphatic rings. The maximum Gasteiger partial charge on any atom is 0.174 e. The van der Waals surface area contributed by atoms with Gasteiger partial charge in [0, 0.05) is 6.07 Å². The highest BCUT2D eigenvalue weighted by molar-refractivity contribution is 5.74. The van der Waals surface area contributed by atoms with Gasteiger partial charge < -0.3 is 10.4 Å². The molecule has 7 heteroatoms. The third-order valence-corrected chi connectivity index (χ3v) is 5.16. The van der Waals surface area contributed by atoms with Crippen LogP contribution in [-0.2, 0) is 0 Å². The van der Waals surface area contributed by atoms with E-state index in [2.05, 4.69) is 51.9 Å². The number of aromatic nitrogens is 5. The predicted molar refractivity (Wildman–Crippen MR) is 102 cm³/mol. The number of aliphatic hydroxyl groups is 1. The number of benzene rings is 2. The first kappa shape index (κ1) is 16.0. The summed E-state index contributed by atoms with van der Waals surface area (Å²) in [6, 6.07) is 17.5. The zero-order valence-corrected chi connectivity index (χ0v) is 15.1. The minimum atomic E-state index is -0.869. The fourth-order valence-corrected chi connectivity index (χ4v) is 3.82. The Morgan fingerprint density at radius 3 is 2.59 bits per heavy atom. The van der Waals surface area contributed by atoms with E-state index >= 15 is 0 Å². The lowest BCUT2D eigenvalue weighted by molar-refractivity contribution is 0.0155. The van der Waals surface area contributed by atoms with Gasteiger partial charge in [0.25, 0.3) is 0 Å². The number of para-hydroxylation sites is 1. The van der Waals surface area contributed by atoms with Crippen molar-refractivity contribution in [3.63, 3.8) is 0 Å². The molecule has 2 aromatic heterocycles. The number of nitrogens with one attached hydrogen (secondary N) is 1. The molecule has 3 atom stereocenters. The maximum absolute atomic E-state index is 11.2. The summed E-state index contributed by atoms with van der Waals surface area (Å²) >= 11 is 0. The predicted octanol–water partition coefficient (Wildman–Crippen LogP) is 3.14. The van der Waals surface area contributed by atoms with Gasteiger partial charge in [0.05, 0.1) is 17.3 Å². The van der Waals surface area contributed by atoms with E-state index in [1.54, 1.807) is 9.36 Å². The molecular weight excluding hydrogens is 340 g/mol. The minimum absolute atomic E-state index is 0.172. The Balaban J connectivity index is 1.70. The number of hydrogen-bond acceptors (Lipinski definition) is 5. The van der Waals surface area contributed by atoms with Crippen LogP contribution < -0.4 is 5.32 Å². The number of fused-ring (bicyclic) bond motifs is 2. The number of rotatable bonds is 2. The van der Waals surface area contributed by atoms with Crippen LogP contribution in [0.4, 0.5) is 5.82 Å². The van der Waals surface area contributed by atoms with Gasteiger partial charge in [-0.3, -0.25) is 0 Å². The highest BCUT2D eigenvalue weighted by Crippen LogP contribution is 2.42. The number of anilines is 1. The van der Waals surface area contributed by atoms with E-state index in [1.165, 1.54) is 5.56 Å². The quantitative estimate of drug-likeness (QED) is 0.574. The molecule has 2 N–H and O–H groups in total. The Bertz CT molecular complexity index is 1110. The van der Waals surface area contributed by atoms with Crippen LogP contribution in [0.2, 0.25) is 0 Å². The van der Waals surface area contributed by atoms with Crippen molar-refractivity contribution in [3.8, 4) is 0 Å². The van der Waals surface area contributed by atoms with E-state index in [0.29, 0.717) is 0 Å². The van der Waals surface area contributed by atoms with Crippen molar-refractivity contribution in [2.24, 2.45) is 0 Å². The van der Waals surface area contributed by atoms with Gasteiger partial charge in [0.15, 0.2) is 6.23 Å². The van der Waals surface area contributed by atoms with Gasteiger partial charge >= 0.3 is 0 Å². The number of aliphatic hydroxyl groups excluding tert-OH is 1. The minimum Gasteiger partial charge on any atom is -0.370 e. The first-order valence-electron chi connectivity index (χ1n) is 8.99. The van der Waals surface area contributed by atoms with Crippen LogP contribution in [0, 0.1) is 13.8 Å². The van der Waals surface area contributed by atoms with Crippen LogP contribution >= 0.6 is 0 Å². The summed E-state index contributed by atoms with van der Waals surface area (Å²) in [5.41, 5.74) is 4.80. The molecule has 0 spiro atoms. The largest absolute Gasteiger partial charge is 0.370 e. The van der Waals surface area contributed by atoms with Crippen LogP contribution in [-0.4, -0.2) is 29.9 Å². The summed E-state index contributed by atoms with van der Waals surface area (Å²) in [4.78, 5) is 0. The third kappa shape index (κ3) is 2.50. The van der Waals surface area contributed by atoms with Gasteiger partial charge in [-0.1, -0.05) is 47.2 Å². The van der Waals surface area contributed by atoms with E-state index in [-0.39, 0.29) is 6.04 Å². The third-order valence-electron chi connectivity index (χ3n) is 5.16. The summed E-state index contributed by atoms with van der Waals surface area (Å²) in [7, 11) is 0. The van der Waals surface area contributed by atoms with E-state index in [4.69, 9.17) is 0 Å². The lowest BCUT2D eigenvalue weighted by atomic mass is 9.95. The Kier molecular flexibility index (Phi) is 3.51. The molecule has 0 radical (unpaired) electrons. The highest BCUT2D eigenvalue weighted by Gasteiger charge is 2.40. The number of nitrogens with zero attached hydrogens (tertiary/aromatic N) is 5. The van der Waals surface area contributed by atoms with Gasteiger partial charge in [0.1, 0.15) is 17.4 Å². The standard InChI is InChI=1S/C20H20N6O/c1-12-7-9-14(10-8-12)18-19(20(27)26-17(21-18)11-13(2)23-26)25-16-6-4-3-5-15(16)22-24-25/h3-11,18-21,27H,1-2H3. The highest BCUT2D eigenvalue weighted by atomic mass is 16.3. The summed E-state index contributed by atoms with van der Waals surface area (Å²) in [5, 5.41) is 27.9. The molecule has 27 heavy (non-hydrogen) atoms. The maximum atomic E-state index is 11.2. The van der Waals surface area contributed by atoms with Crippen molar-refractivity contribution in [1.29, 1.82) is 0 Å². The van der Waals surface area contributed by atoms with Crippen LogP contribution in [0.3, 0.4) is 0 Å². The SMILES string of the molecule is Cc1ccc(C2Nc3cc(C)nn3C(O)C2n2nnc3ccccc32)cc1. The smallest absolute Gasteiger partial charge is 0.174 e. The van der Waals surface area contributed by atoms with Crippen molar-refractivity contribution in [2.45, 2.75) is 32.2 Å². The van der Waals surface area contributed by atoms with E-state index in [9.17, 15) is 5.11 Å². The van der Waals surface area contributed by atoms with Gasteiger partial charge in [-0.15, -0.1) is 5.10 Å². The van der Waals surface area contributed by atoms with Gasteiger partial charge in [-0.05, 0) is 31.5 Å². The average molecular weight is 360 g/mol. The molecule has 5 rings (SSSR count). The first-order chi connectivity index (χ1) is 13.1. The second-order valence-corrected chi connectivity index (χ2v) is 7.08. The monoisotopic (exact) mass is 360 g/mol. The van der Waals surface area contributed by atoms with E-state index in [1.807, 2.05) is 37.3 Å². The normalized spacial score (nSPS) is 21.8. The second-order valence-electron chi connectivity index (χ2n) is 7.08. The molecule has 0 aliphatic carbocycles. The average Bonchev–Trinajstić information content (AvgIpc) is 3.25. The molecule has 7 nitrogen and oxygen atoms in total. The molecule has 4 aromatic rings. The number of aryl methyl sites for hydroxylation is 2. The van der Waals surface area contributed by atoms with E-state index in [0.717, 1.165) is 28.1 Å².